The average molecular weight is 325 g/mol. The quantitative estimate of drug-likeness (QED) is 0.656. The molecule has 0 saturated heterocycles. The molecule has 0 fully saturated rings. The summed E-state index contributed by atoms with van der Waals surface area (Å²) in [4.78, 5) is 26.8. The summed E-state index contributed by atoms with van der Waals surface area (Å²) in [7, 11) is 0. The van der Waals surface area contributed by atoms with Crippen molar-refractivity contribution in [1.29, 1.82) is 0 Å². The number of rotatable bonds is 6. The first-order valence-electron chi connectivity index (χ1n) is 6.86. The first kappa shape index (κ1) is 16.7. The van der Waals surface area contributed by atoms with Gasteiger partial charge in [-0.1, -0.05) is 18.2 Å². The van der Waals surface area contributed by atoms with Gasteiger partial charge in [0.25, 0.3) is 0 Å². The summed E-state index contributed by atoms with van der Waals surface area (Å²) >= 11 is 0. The monoisotopic (exact) mass is 325 g/mol. The Morgan fingerprint density at radius 1 is 1.17 bits per heavy atom. The minimum absolute atomic E-state index is 0.0119. The van der Waals surface area contributed by atoms with Gasteiger partial charge >= 0.3 is 12.1 Å². The molecule has 2 rings (SSSR count). The predicted octanol–water partition coefficient (Wildman–Crippen LogP) is 2.51. The molecule has 1 aromatic carbocycles. The predicted molar refractivity (Wildman–Crippen MR) is 76.2 cm³/mol. The molecule has 0 radical (unpaired) electrons. The lowest BCUT2D eigenvalue weighted by atomic mass is 10.2. The molecule has 0 bridgehead atoms. The molecule has 1 N–H and O–H groups in total. The standard InChI is InChI=1S/C15H14F3N3O2/c16-15(17,18)14(23)20-8-4-7-12(22)13-19-9-10-21(13)11-5-2-1-3-6-11/h1-3,5-6,9-10H,4,7-8H2,(H,20,23). The number of alkyl halides is 3. The van der Waals surface area contributed by atoms with E-state index in [1.807, 2.05) is 30.3 Å². The molecule has 0 aliphatic rings. The number of ketones is 1. The molecular weight excluding hydrogens is 311 g/mol. The number of nitrogens with one attached hydrogen (secondary N) is 1. The number of halogens is 3. The van der Waals surface area contributed by atoms with E-state index in [1.54, 1.807) is 16.1 Å². The molecule has 0 aliphatic carbocycles. The van der Waals surface area contributed by atoms with Crippen molar-refractivity contribution in [3.05, 3.63) is 48.5 Å². The topological polar surface area (TPSA) is 64.0 Å². The summed E-state index contributed by atoms with van der Waals surface area (Å²) in [5.41, 5.74) is 0.763. The summed E-state index contributed by atoms with van der Waals surface area (Å²) in [6.07, 6.45) is -1.71. The van der Waals surface area contributed by atoms with Crippen molar-refractivity contribution in [2.24, 2.45) is 0 Å². The van der Waals surface area contributed by atoms with E-state index in [-0.39, 0.29) is 31.0 Å². The van der Waals surface area contributed by atoms with E-state index in [2.05, 4.69) is 4.98 Å². The van der Waals surface area contributed by atoms with E-state index >= 15 is 0 Å². The summed E-state index contributed by atoms with van der Waals surface area (Å²) in [6.45, 7) is -0.226. The Balaban J connectivity index is 1.91. The number of aromatic nitrogens is 2. The minimum atomic E-state index is -4.91. The second kappa shape index (κ2) is 7.08. The first-order valence-corrected chi connectivity index (χ1v) is 6.86. The molecular formula is C15H14F3N3O2. The molecule has 0 saturated carbocycles. The third kappa shape index (κ3) is 4.41. The fraction of sp³-hybridized carbons (Fsp3) is 0.267. The third-order valence-electron chi connectivity index (χ3n) is 3.05. The van der Waals surface area contributed by atoms with Gasteiger partial charge < -0.3 is 5.32 Å². The smallest absolute Gasteiger partial charge is 0.348 e. The maximum atomic E-state index is 12.1. The van der Waals surface area contributed by atoms with Crippen molar-refractivity contribution in [2.45, 2.75) is 19.0 Å². The molecule has 0 spiro atoms. The van der Waals surface area contributed by atoms with Crippen LogP contribution in [-0.2, 0) is 4.79 Å². The molecule has 1 aromatic heterocycles. The summed E-state index contributed by atoms with van der Waals surface area (Å²) in [5, 5.41) is 1.73. The lowest BCUT2D eigenvalue weighted by Crippen LogP contribution is -2.37. The van der Waals surface area contributed by atoms with Crippen LogP contribution in [0.4, 0.5) is 13.2 Å². The average Bonchev–Trinajstić information content (AvgIpc) is 3.00. The number of para-hydroxylation sites is 1. The van der Waals surface area contributed by atoms with Crippen molar-refractivity contribution in [3.63, 3.8) is 0 Å². The second-order valence-corrected chi connectivity index (χ2v) is 4.74. The minimum Gasteiger partial charge on any atom is -0.348 e. The molecule has 122 valence electrons. The van der Waals surface area contributed by atoms with Gasteiger partial charge in [-0.25, -0.2) is 4.98 Å². The molecule has 23 heavy (non-hydrogen) atoms. The van der Waals surface area contributed by atoms with Crippen LogP contribution in [0.5, 0.6) is 0 Å². The van der Waals surface area contributed by atoms with Gasteiger partial charge in [0.05, 0.1) is 0 Å². The molecule has 0 aliphatic heterocycles. The highest BCUT2D eigenvalue weighted by Gasteiger charge is 2.38. The van der Waals surface area contributed by atoms with Gasteiger partial charge in [-0.05, 0) is 18.6 Å². The van der Waals surface area contributed by atoms with Gasteiger partial charge in [0.2, 0.25) is 0 Å². The Bertz CT molecular complexity index is 681. The van der Waals surface area contributed by atoms with Gasteiger partial charge in [0.1, 0.15) is 0 Å². The summed E-state index contributed by atoms with van der Waals surface area (Å²) in [5.74, 6) is -2.10. The Labute approximate surface area is 130 Å². The van der Waals surface area contributed by atoms with E-state index in [0.29, 0.717) is 0 Å². The summed E-state index contributed by atoms with van der Waals surface area (Å²) in [6, 6.07) is 9.09. The molecule has 2 aromatic rings. The van der Waals surface area contributed by atoms with E-state index in [1.165, 1.54) is 6.20 Å². The number of hydrogen-bond acceptors (Lipinski definition) is 3. The number of nitrogens with zero attached hydrogens (tertiary/aromatic N) is 2. The van der Waals surface area contributed by atoms with Crippen LogP contribution in [0.2, 0.25) is 0 Å². The highest BCUT2D eigenvalue weighted by molar-refractivity contribution is 5.93. The van der Waals surface area contributed by atoms with Crippen LogP contribution in [0, 0.1) is 0 Å². The fourth-order valence-electron chi connectivity index (χ4n) is 1.97. The van der Waals surface area contributed by atoms with Crippen molar-refractivity contribution in [1.82, 2.24) is 14.9 Å². The number of amides is 1. The van der Waals surface area contributed by atoms with Crippen LogP contribution in [0.25, 0.3) is 5.69 Å². The Morgan fingerprint density at radius 3 is 2.52 bits per heavy atom. The lowest BCUT2D eigenvalue weighted by molar-refractivity contribution is -0.173. The highest BCUT2D eigenvalue weighted by Crippen LogP contribution is 2.14. The fourth-order valence-corrected chi connectivity index (χ4v) is 1.97. The van der Waals surface area contributed by atoms with E-state index < -0.39 is 12.1 Å². The van der Waals surface area contributed by atoms with E-state index in [9.17, 15) is 22.8 Å². The molecule has 0 unspecified atom stereocenters. The van der Waals surface area contributed by atoms with Gasteiger partial charge in [-0.3, -0.25) is 14.2 Å². The molecule has 5 nitrogen and oxygen atoms in total. The second-order valence-electron chi connectivity index (χ2n) is 4.74. The molecule has 1 amide bonds. The normalized spacial score (nSPS) is 11.3. The number of hydrogen-bond donors (Lipinski definition) is 1. The molecule has 0 atom stereocenters. The largest absolute Gasteiger partial charge is 0.471 e. The third-order valence-corrected chi connectivity index (χ3v) is 3.05. The SMILES string of the molecule is O=C(CCCNC(=O)C(F)(F)F)c1nccn1-c1ccccc1. The lowest BCUT2D eigenvalue weighted by Gasteiger charge is -2.08. The van der Waals surface area contributed by atoms with Gasteiger partial charge in [0, 0.05) is 31.0 Å². The van der Waals surface area contributed by atoms with Crippen LogP contribution in [0.1, 0.15) is 23.5 Å². The maximum Gasteiger partial charge on any atom is 0.471 e. The number of imidazole rings is 1. The van der Waals surface area contributed by atoms with Crippen LogP contribution in [0.15, 0.2) is 42.7 Å². The van der Waals surface area contributed by atoms with Crippen LogP contribution in [-0.4, -0.2) is 34.0 Å². The Kier molecular flexibility index (Phi) is 5.15. The Morgan fingerprint density at radius 2 is 1.87 bits per heavy atom. The van der Waals surface area contributed by atoms with E-state index in [4.69, 9.17) is 0 Å². The number of benzene rings is 1. The number of carbonyl (C=O) groups excluding carboxylic acids is 2. The van der Waals surface area contributed by atoms with Crippen LogP contribution in [0.3, 0.4) is 0 Å². The van der Waals surface area contributed by atoms with Crippen molar-refractivity contribution in [2.75, 3.05) is 6.54 Å². The van der Waals surface area contributed by atoms with Gasteiger partial charge in [-0.15, -0.1) is 0 Å². The van der Waals surface area contributed by atoms with Crippen molar-refractivity contribution in [3.8, 4) is 5.69 Å². The van der Waals surface area contributed by atoms with Crippen LogP contribution < -0.4 is 5.32 Å². The zero-order chi connectivity index (χ0) is 16.9. The Hall–Kier alpha value is -2.64. The summed E-state index contributed by atoms with van der Waals surface area (Å²) < 4.78 is 37.6. The zero-order valence-electron chi connectivity index (χ0n) is 12.0. The first-order chi connectivity index (χ1) is 10.9. The van der Waals surface area contributed by atoms with Crippen LogP contribution >= 0.6 is 0 Å². The maximum absolute atomic E-state index is 12.1. The van der Waals surface area contributed by atoms with Crippen molar-refractivity contribution < 1.29 is 22.8 Å². The zero-order valence-corrected chi connectivity index (χ0v) is 12.0. The van der Waals surface area contributed by atoms with E-state index in [0.717, 1.165) is 5.69 Å². The van der Waals surface area contributed by atoms with Crippen molar-refractivity contribution >= 4 is 11.7 Å². The number of Topliss-reactive ketones (excluding diaryl/α,β-unsaturated/α-hetero) is 1. The van der Waals surface area contributed by atoms with Gasteiger partial charge in [-0.2, -0.15) is 13.2 Å². The number of carbonyl (C=O) groups is 2. The van der Waals surface area contributed by atoms with Gasteiger partial charge in [0.15, 0.2) is 11.6 Å². The highest BCUT2D eigenvalue weighted by atomic mass is 19.4. The molecule has 1 heterocycles. The molecule has 8 heteroatoms.